The van der Waals surface area contributed by atoms with Crippen LogP contribution in [0.3, 0.4) is 0 Å². The Morgan fingerprint density at radius 1 is 0.846 bits per heavy atom. The van der Waals surface area contributed by atoms with Gasteiger partial charge in [-0.2, -0.15) is 0 Å². The van der Waals surface area contributed by atoms with Gasteiger partial charge in [-0.25, -0.2) is 0 Å². The first-order chi connectivity index (χ1) is 12.7. The first-order valence-electron chi connectivity index (χ1n) is 9.14. The highest BCUT2D eigenvalue weighted by atomic mass is 16.1. The van der Waals surface area contributed by atoms with Crippen molar-refractivity contribution in [2.45, 2.75) is 32.7 Å². The molecule has 0 heterocycles. The van der Waals surface area contributed by atoms with Crippen molar-refractivity contribution < 1.29 is 4.79 Å². The first-order valence-corrected chi connectivity index (χ1v) is 9.14. The maximum absolute atomic E-state index is 12.7. The smallest absolute Gasteiger partial charge is 0.225 e. The van der Waals surface area contributed by atoms with E-state index in [1.54, 1.807) is 0 Å². The van der Waals surface area contributed by atoms with Crippen LogP contribution in [0.2, 0.25) is 0 Å². The Morgan fingerprint density at radius 2 is 1.50 bits per heavy atom. The molecule has 26 heavy (non-hydrogen) atoms. The SMILES string of the molecule is CCc1ccc(CC(=O)NC(c2ccccc2)c2cccc(C)c2)cc1. The molecule has 1 N–H and O–H groups in total. The fourth-order valence-electron chi connectivity index (χ4n) is 3.14. The molecule has 2 heteroatoms. The summed E-state index contributed by atoms with van der Waals surface area (Å²) in [5.74, 6) is 0.0320. The maximum Gasteiger partial charge on any atom is 0.225 e. The zero-order valence-corrected chi connectivity index (χ0v) is 15.4. The number of nitrogens with one attached hydrogen (secondary N) is 1. The lowest BCUT2D eigenvalue weighted by molar-refractivity contribution is -0.120. The number of rotatable bonds is 6. The molecule has 0 aliphatic heterocycles. The molecule has 0 bridgehead atoms. The Morgan fingerprint density at radius 3 is 2.15 bits per heavy atom. The quantitative estimate of drug-likeness (QED) is 0.670. The van der Waals surface area contributed by atoms with Crippen LogP contribution >= 0.6 is 0 Å². The van der Waals surface area contributed by atoms with Gasteiger partial charge in [0.2, 0.25) is 5.91 Å². The lowest BCUT2D eigenvalue weighted by Gasteiger charge is -2.20. The topological polar surface area (TPSA) is 29.1 Å². The molecule has 2 nitrogen and oxygen atoms in total. The van der Waals surface area contributed by atoms with E-state index in [0.717, 1.165) is 23.1 Å². The van der Waals surface area contributed by atoms with Gasteiger partial charge in [-0.3, -0.25) is 4.79 Å². The standard InChI is InChI=1S/C24H25NO/c1-3-19-12-14-20(15-13-19)17-23(26)25-24(21-9-5-4-6-10-21)22-11-7-8-18(2)16-22/h4-16,24H,3,17H2,1-2H3,(H,25,26). The minimum atomic E-state index is -0.140. The minimum Gasteiger partial charge on any atom is -0.345 e. The fourth-order valence-corrected chi connectivity index (χ4v) is 3.14. The van der Waals surface area contributed by atoms with E-state index in [0.29, 0.717) is 6.42 Å². The van der Waals surface area contributed by atoms with Crippen LogP contribution in [0.5, 0.6) is 0 Å². The third-order valence-electron chi connectivity index (χ3n) is 4.61. The number of aryl methyl sites for hydroxylation is 2. The van der Waals surface area contributed by atoms with E-state index >= 15 is 0 Å². The summed E-state index contributed by atoms with van der Waals surface area (Å²) < 4.78 is 0. The number of amides is 1. The van der Waals surface area contributed by atoms with Crippen LogP contribution in [0.4, 0.5) is 0 Å². The average molecular weight is 343 g/mol. The second-order valence-electron chi connectivity index (χ2n) is 6.67. The van der Waals surface area contributed by atoms with Crippen molar-refractivity contribution in [1.29, 1.82) is 0 Å². The second-order valence-corrected chi connectivity index (χ2v) is 6.67. The molecule has 0 aliphatic carbocycles. The van der Waals surface area contributed by atoms with E-state index in [4.69, 9.17) is 0 Å². The Kier molecular flexibility index (Phi) is 5.85. The van der Waals surface area contributed by atoms with Crippen LogP contribution in [0, 0.1) is 6.92 Å². The van der Waals surface area contributed by atoms with Crippen LogP contribution in [-0.4, -0.2) is 5.91 Å². The molecule has 0 spiro atoms. The highest BCUT2D eigenvalue weighted by Gasteiger charge is 2.17. The van der Waals surface area contributed by atoms with Crippen LogP contribution in [0.25, 0.3) is 0 Å². The van der Waals surface area contributed by atoms with Crippen molar-refractivity contribution in [2.75, 3.05) is 0 Å². The zero-order valence-electron chi connectivity index (χ0n) is 15.4. The summed E-state index contributed by atoms with van der Waals surface area (Å²) >= 11 is 0. The third-order valence-corrected chi connectivity index (χ3v) is 4.61. The highest BCUT2D eigenvalue weighted by molar-refractivity contribution is 5.79. The number of carbonyl (C=O) groups excluding carboxylic acids is 1. The number of hydrogen-bond acceptors (Lipinski definition) is 1. The van der Waals surface area contributed by atoms with Crippen molar-refractivity contribution in [1.82, 2.24) is 5.32 Å². The summed E-state index contributed by atoms with van der Waals surface area (Å²) in [6.45, 7) is 4.21. The molecule has 1 amide bonds. The highest BCUT2D eigenvalue weighted by Crippen LogP contribution is 2.23. The van der Waals surface area contributed by atoms with E-state index in [-0.39, 0.29) is 11.9 Å². The van der Waals surface area contributed by atoms with Crippen molar-refractivity contribution in [3.05, 3.63) is 107 Å². The molecule has 3 rings (SSSR count). The molecular weight excluding hydrogens is 318 g/mol. The molecule has 1 atom stereocenters. The van der Waals surface area contributed by atoms with Crippen molar-refractivity contribution in [2.24, 2.45) is 0 Å². The van der Waals surface area contributed by atoms with Gasteiger partial charge < -0.3 is 5.32 Å². The summed E-state index contributed by atoms with van der Waals surface area (Å²) in [5, 5.41) is 3.21. The maximum atomic E-state index is 12.7. The Bertz CT molecular complexity index is 853. The number of carbonyl (C=O) groups is 1. The number of benzene rings is 3. The molecule has 0 aromatic heterocycles. The zero-order chi connectivity index (χ0) is 18.4. The molecule has 0 saturated carbocycles. The molecule has 3 aromatic carbocycles. The van der Waals surface area contributed by atoms with Gasteiger partial charge in [0.15, 0.2) is 0 Å². The molecular formula is C24H25NO. The molecule has 0 fully saturated rings. The predicted octanol–water partition coefficient (Wildman–Crippen LogP) is 5.01. The second kappa shape index (κ2) is 8.48. The Hall–Kier alpha value is -2.87. The summed E-state index contributed by atoms with van der Waals surface area (Å²) in [4.78, 5) is 12.7. The average Bonchev–Trinajstić information content (AvgIpc) is 2.67. The summed E-state index contributed by atoms with van der Waals surface area (Å²) in [6, 6.07) is 26.6. The summed E-state index contributed by atoms with van der Waals surface area (Å²) in [7, 11) is 0. The molecule has 0 aliphatic rings. The van der Waals surface area contributed by atoms with E-state index in [2.05, 4.69) is 61.6 Å². The van der Waals surface area contributed by atoms with Gasteiger partial charge in [0.25, 0.3) is 0 Å². The van der Waals surface area contributed by atoms with Gasteiger partial charge in [-0.1, -0.05) is 91.3 Å². The van der Waals surface area contributed by atoms with E-state index < -0.39 is 0 Å². The first kappa shape index (κ1) is 17.9. The molecule has 3 aromatic rings. The Balaban J connectivity index is 1.79. The monoisotopic (exact) mass is 343 g/mol. The van der Waals surface area contributed by atoms with Gasteiger partial charge in [0, 0.05) is 0 Å². The van der Waals surface area contributed by atoms with Crippen LogP contribution in [-0.2, 0) is 17.6 Å². The molecule has 0 radical (unpaired) electrons. The normalized spacial score (nSPS) is 11.8. The molecule has 0 saturated heterocycles. The van der Waals surface area contributed by atoms with Crippen molar-refractivity contribution >= 4 is 5.91 Å². The third kappa shape index (κ3) is 4.60. The lowest BCUT2D eigenvalue weighted by atomic mass is 9.97. The van der Waals surface area contributed by atoms with E-state index in [1.807, 2.05) is 36.4 Å². The van der Waals surface area contributed by atoms with Gasteiger partial charge in [0.05, 0.1) is 12.5 Å². The predicted molar refractivity (Wildman–Crippen MR) is 107 cm³/mol. The van der Waals surface area contributed by atoms with Gasteiger partial charge in [0.1, 0.15) is 0 Å². The van der Waals surface area contributed by atoms with Gasteiger partial charge in [-0.05, 0) is 35.6 Å². The largest absolute Gasteiger partial charge is 0.345 e. The summed E-state index contributed by atoms with van der Waals surface area (Å²) in [6.07, 6.45) is 1.40. The molecule has 1 unspecified atom stereocenters. The van der Waals surface area contributed by atoms with Crippen LogP contribution in [0.1, 0.15) is 40.8 Å². The van der Waals surface area contributed by atoms with Crippen molar-refractivity contribution in [3.8, 4) is 0 Å². The summed E-state index contributed by atoms with van der Waals surface area (Å²) in [5.41, 5.74) is 5.71. The lowest BCUT2D eigenvalue weighted by Crippen LogP contribution is -2.30. The van der Waals surface area contributed by atoms with Crippen LogP contribution in [0.15, 0.2) is 78.9 Å². The van der Waals surface area contributed by atoms with E-state index in [1.165, 1.54) is 11.1 Å². The van der Waals surface area contributed by atoms with E-state index in [9.17, 15) is 4.79 Å². The van der Waals surface area contributed by atoms with Gasteiger partial charge >= 0.3 is 0 Å². The van der Waals surface area contributed by atoms with Crippen LogP contribution < -0.4 is 5.32 Å². The van der Waals surface area contributed by atoms with Crippen molar-refractivity contribution in [3.63, 3.8) is 0 Å². The number of hydrogen-bond donors (Lipinski definition) is 1. The van der Waals surface area contributed by atoms with Gasteiger partial charge in [-0.15, -0.1) is 0 Å². The molecule has 132 valence electrons. The Labute approximate surface area is 155 Å². The minimum absolute atomic E-state index is 0.0320. The fraction of sp³-hybridized carbons (Fsp3) is 0.208.